The van der Waals surface area contributed by atoms with Gasteiger partial charge in [0.05, 0.1) is 0 Å². The van der Waals surface area contributed by atoms with Crippen molar-refractivity contribution in [2.75, 3.05) is 33.7 Å². The van der Waals surface area contributed by atoms with Crippen molar-refractivity contribution < 1.29 is 4.79 Å². The largest absolute Gasteiger partial charge is 0.351 e. The van der Waals surface area contributed by atoms with Crippen LogP contribution >= 0.6 is 0 Å². The van der Waals surface area contributed by atoms with Crippen molar-refractivity contribution >= 4 is 6.03 Å². The van der Waals surface area contributed by atoms with Crippen LogP contribution in [0.25, 0.3) is 0 Å². The van der Waals surface area contributed by atoms with Gasteiger partial charge in [0.2, 0.25) is 0 Å². The van der Waals surface area contributed by atoms with E-state index in [0.717, 1.165) is 38.4 Å². The lowest BCUT2D eigenvalue weighted by Gasteiger charge is -2.32. The van der Waals surface area contributed by atoms with Crippen molar-refractivity contribution in [2.24, 2.45) is 11.7 Å². The van der Waals surface area contributed by atoms with Gasteiger partial charge in [-0.15, -0.1) is 0 Å². The minimum atomic E-state index is -0.275. The maximum atomic E-state index is 10.8. The standard InChI is InChI=1S/C9H19N3O/c1-11(2)7-8-3-5-12(6-4-8)9(10)13/h8H,3-7H2,1-2H3,(H2,10,13). The number of hydrogen-bond donors (Lipinski definition) is 1. The third kappa shape index (κ3) is 3.22. The van der Waals surface area contributed by atoms with E-state index in [1.165, 1.54) is 0 Å². The Labute approximate surface area is 79.7 Å². The second kappa shape index (κ2) is 4.46. The van der Waals surface area contributed by atoms with Gasteiger partial charge in [0.1, 0.15) is 0 Å². The average Bonchev–Trinajstić information content (AvgIpc) is 2.04. The van der Waals surface area contributed by atoms with Crippen molar-refractivity contribution in [1.82, 2.24) is 9.80 Å². The minimum Gasteiger partial charge on any atom is -0.351 e. The highest BCUT2D eigenvalue weighted by Crippen LogP contribution is 2.17. The Hall–Kier alpha value is -0.770. The second-order valence-corrected chi connectivity index (χ2v) is 4.03. The van der Waals surface area contributed by atoms with Gasteiger partial charge in [0.25, 0.3) is 0 Å². The van der Waals surface area contributed by atoms with Crippen LogP contribution in [0.2, 0.25) is 0 Å². The van der Waals surface area contributed by atoms with Crippen LogP contribution in [-0.2, 0) is 0 Å². The number of carbonyl (C=O) groups excluding carboxylic acids is 1. The second-order valence-electron chi connectivity index (χ2n) is 4.03. The molecule has 1 rings (SSSR count). The molecule has 0 aliphatic carbocycles. The van der Waals surface area contributed by atoms with E-state index in [1.807, 2.05) is 0 Å². The van der Waals surface area contributed by atoms with Gasteiger partial charge in [0, 0.05) is 19.6 Å². The molecule has 13 heavy (non-hydrogen) atoms. The highest BCUT2D eigenvalue weighted by Gasteiger charge is 2.21. The lowest BCUT2D eigenvalue weighted by molar-refractivity contribution is 0.167. The zero-order valence-electron chi connectivity index (χ0n) is 8.49. The Kier molecular flexibility index (Phi) is 3.54. The molecule has 0 aromatic rings. The Morgan fingerprint density at radius 3 is 2.38 bits per heavy atom. The lowest BCUT2D eigenvalue weighted by Crippen LogP contribution is -2.43. The molecule has 4 heteroatoms. The third-order valence-electron chi connectivity index (χ3n) is 2.55. The van der Waals surface area contributed by atoms with Crippen LogP contribution in [0.4, 0.5) is 4.79 Å². The van der Waals surface area contributed by atoms with Crippen molar-refractivity contribution in [2.45, 2.75) is 12.8 Å². The molecular weight excluding hydrogens is 166 g/mol. The number of urea groups is 1. The molecule has 0 aromatic carbocycles. The highest BCUT2D eigenvalue weighted by molar-refractivity contribution is 5.72. The number of hydrogen-bond acceptors (Lipinski definition) is 2. The van der Waals surface area contributed by atoms with Crippen LogP contribution in [0.3, 0.4) is 0 Å². The first-order valence-corrected chi connectivity index (χ1v) is 4.78. The molecule has 1 saturated heterocycles. The van der Waals surface area contributed by atoms with Gasteiger partial charge < -0.3 is 15.5 Å². The summed E-state index contributed by atoms with van der Waals surface area (Å²) in [5.41, 5.74) is 5.19. The molecule has 1 aliphatic heterocycles. The Morgan fingerprint density at radius 2 is 2.00 bits per heavy atom. The lowest BCUT2D eigenvalue weighted by atomic mass is 9.97. The van der Waals surface area contributed by atoms with Gasteiger partial charge in [-0.2, -0.15) is 0 Å². The van der Waals surface area contributed by atoms with Gasteiger partial charge in [-0.25, -0.2) is 4.79 Å². The van der Waals surface area contributed by atoms with Gasteiger partial charge in [0.15, 0.2) is 0 Å². The summed E-state index contributed by atoms with van der Waals surface area (Å²) in [5, 5.41) is 0. The molecule has 76 valence electrons. The van der Waals surface area contributed by atoms with Crippen molar-refractivity contribution in [3.05, 3.63) is 0 Å². The fraction of sp³-hybridized carbons (Fsp3) is 0.889. The van der Waals surface area contributed by atoms with E-state index < -0.39 is 0 Å². The van der Waals surface area contributed by atoms with Crippen LogP contribution < -0.4 is 5.73 Å². The van der Waals surface area contributed by atoms with Crippen molar-refractivity contribution in [3.63, 3.8) is 0 Å². The summed E-state index contributed by atoms with van der Waals surface area (Å²) < 4.78 is 0. The molecule has 1 fully saturated rings. The number of amides is 2. The fourth-order valence-corrected chi connectivity index (χ4v) is 1.85. The number of rotatable bonds is 2. The number of nitrogens with two attached hydrogens (primary N) is 1. The van der Waals surface area contributed by atoms with Crippen LogP contribution in [-0.4, -0.2) is 49.6 Å². The molecule has 0 spiro atoms. The van der Waals surface area contributed by atoms with E-state index in [-0.39, 0.29) is 6.03 Å². The van der Waals surface area contributed by atoms with Crippen LogP contribution in [0.15, 0.2) is 0 Å². The molecule has 0 atom stereocenters. The molecule has 0 aromatic heterocycles. The van der Waals surface area contributed by atoms with E-state index >= 15 is 0 Å². The summed E-state index contributed by atoms with van der Waals surface area (Å²) in [4.78, 5) is 14.7. The number of likely N-dealkylation sites (tertiary alicyclic amines) is 1. The molecule has 1 aliphatic rings. The van der Waals surface area contributed by atoms with Crippen LogP contribution in [0.1, 0.15) is 12.8 Å². The molecule has 2 N–H and O–H groups in total. The molecule has 0 radical (unpaired) electrons. The van der Waals surface area contributed by atoms with Crippen molar-refractivity contribution in [3.8, 4) is 0 Å². The molecule has 2 amide bonds. The van der Waals surface area contributed by atoms with Gasteiger partial charge in [-0.3, -0.25) is 0 Å². The van der Waals surface area contributed by atoms with E-state index in [9.17, 15) is 4.79 Å². The van der Waals surface area contributed by atoms with Gasteiger partial charge >= 0.3 is 6.03 Å². The molecule has 1 heterocycles. The Bertz CT molecular complexity index is 174. The van der Waals surface area contributed by atoms with Gasteiger partial charge in [-0.1, -0.05) is 0 Å². The third-order valence-corrected chi connectivity index (χ3v) is 2.55. The highest BCUT2D eigenvalue weighted by atomic mass is 16.2. The Balaban J connectivity index is 2.26. The van der Waals surface area contributed by atoms with Crippen LogP contribution in [0, 0.1) is 5.92 Å². The SMILES string of the molecule is CN(C)CC1CCN(C(N)=O)CC1. The fourth-order valence-electron chi connectivity index (χ4n) is 1.85. The van der Waals surface area contributed by atoms with Crippen molar-refractivity contribution in [1.29, 1.82) is 0 Å². The topological polar surface area (TPSA) is 49.6 Å². The molecule has 0 bridgehead atoms. The number of primary amides is 1. The van der Waals surface area contributed by atoms with E-state index in [4.69, 9.17) is 5.73 Å². The normalized spacial score (nSPS) is 19.5. The molecule has 0 saturated carbocycles. The number of carbonyl (C=O) groups is 1. The number of nitrogens with zero attached hydrogens (tertiary/aromatic N) is 2. The maximum absolute atomic E-state index is 10.8. The maximum Gasteiger partial charge on any atom is 0.314 e. The molecular formula is C9H19N3O. The molecule has 0 unspecified atom stereocenters. The summed E-state index contributed by atoms with van der Waals surface area (Å²) in [6, 6.07) is -0.275. The first-order valence-electron chi connectivity index (χ1n) is 4.78. The van der Waals surface area contributed by atoms with E-state index in [1.54, 1.807) is 4.90 Å². The van der Waals surface area contributed by atoms with Crippen LogP contribution in [0.5, 0.6) is 0 Å². The summed E-state index contributed by atoms with van der Waals surface area (Å²) in [7, 11) is 4.17. The first kappa shape index (κ1) is 10.3. The minimum absolute atomic E-state index is 0.275. The predicted molar refractivity (Wildman–Crippen MR) is 52.4 cm³/mol. The summed E-state index contributed by atoms with van der Waals surface area (Å²) in [5.74, 6) is 0.727. The van der Waals surface area contributed by atoms with E-state index in [2.05, 4.69) is 19.0 Å². The smallest absolute Gasteiger partial charge is 0.314 e. The summed E-state index contributed by atoms with van der Waals surface area (Å²) in [6.45, 7) is 2.77. The zero-order valence-corrected chi connectivity index (χ0v) is 8.49. The predicted octanol–water partition coefficient (Wildman–Crippen LogP) is 0.339. The Morgan fingerprint density at radius 1 is 1.46 bits per heavy atom. The monoisotopic (exact) mass is 185 g/mol. The summed E-state index contributed by atoms with van der Waals surface area (Å²) >= 11 is 0. The average molecular weight is 185 g/mol. The van der Waals surface area contributed by atoms with Gasteiger partial charge in [-0.05, 0) is 32.9 Å². The quantitative estimate of drug-likeness (QED) is 0.674. The first-order chi connectivity index (χ1) is 6.09. The molecule has 4 nitrogen and oxygen atoms in total. The van der Waals surface area contributed by atoms with E-state index in [0.29, 0.717) is 0 Å². The summed E-state index contributed by atoms with van der Waals surface area (Å²) in [6.07, 6.45) is 2.17. The zero-order chi connectivity index (χ0) is 9.84. The number of piperidine rings is 1.